The topological polar surface area (TPSA) is 78.5 Å². The van der Waals surface area contributed by atoms with Crippen molar-refractivity contribution in [3.05, 3.63) is 99.7 Å². The lowest BCUT2D eigenvalue weighted by atomic mass is 9.95. The van der Waals surface area contributed by atoms with Gasteiger partial charge in [-0.15, -0.1) is 0 Å². The first-order valence-corrected chi connectivity index (χ1v) is 11.5. The van der Waals surface area contributed by atoms with E-state index in [-0.39, 0.29) is 11.7 Å². The van der Waals surface area contributed by atoms with Crippen LogP contribution in [0, 0.1) is 6.92 Å². The Kier molecular flexibility index (Phi) is 5.75. The van der Waals surface area contributed by atoms with Crippen molar-refractivity contribution in [3.8, 4) is 22.8 Å². The predicted octanol–water partition coefficient (Wildman–Crippen LogP) is 5.89. The summed E-state index contributed by atoms with van der Waals surface area (Å²) in [7, 11) is 0. The van der Waals surface area contributed by atoms with Crippen LogP contribution in [-0.2, 0) is 6.54 Å². The minimum absolute atomic E-state index is 0.0496. The van der Waals surface area contributed by atoms with Gasteiger partial charge in [0.15, 0.2) is 0 Å². The van der Waals surface area contributed by atoms with Gasteiger partial charge < -0.3 is 14.7 Å². The number of phenols is 1. The zero-order valence-corrected chi connectivity index (χ0v) is 19.6. The van der Waals surface area contributed by atoms with Gasteiger partial charge >= 0.3 is 0 Å². The smallest absolute Gasteiger partial charge is 0.273 e. The van der Waals surface area contributed by atoms with Gasteiger partial charge in [-0.1, -0.05) is 53.6 Å². The number of phenolic OH excluding ortho intramolecular Hbond substituents is 1. The van der Waals surface area contributed by atoms with Gasteiger partial charge in [0.05, 0.1) is 12.6 Å². The maximum absolute atomic E-state index is 13.6. The van der Waals surface area contributed by atoms with E-state index >= 15 is 0 Å². The van der Waals surface area contributed by atoms with Crippen LogP contribution < -0.4 is 4.74 Å². The number of nitrogens with one attached hydrogen (secondary N) is 1. The van der Waals surface area contributed by atoms with Gasteiger partial charge in [0.25, 0.3) is 5.91 Å². The first kappa shape index (κ1) is 22.0. The molecule has 4 aromatic rings. The van der Waals surface area contributed by atoms with Crippen LogP contribution in [0.4, 0.5) is 0 Å². The van der Waals surface area contributed by atoms with Crippen LogP contribution in [0.5, 0.6) is 11.5 Å². The van der Waals surface area contributed by atoms with E-state index < -0.39 is 6.04 Å². The van der Waals surface area contributed by atoms with E-state index in [4.69, 9.17) is 16.3 Å². The average Bonchev–Trinajstić information content (AvgIpc) is 3.37. The second kappa shape index (κ2) is 8.88. The highest BCUT2D eigenvalue weighted by Gasteiger charge is 2.42. The Balaban J connectivity index is 1.63. The number of aromatic nitrogens is 2. The van der Waals surface area contributed by atoms with E-state index in [0.717, 1.165) is 28.0 Å². The molecule has 0 spiro atoms. The Hall–Kier alpha value is -3.77. The minimum Gasteiger partial charge on any atom is -0.507 e. The van der Waals surface area contributed by atoms with Crippen molar-refractivity contribution < 1.29 is 14.6 Å². The Morgan fingerprint density at radius 2 is 1.82 bits per heavy atom. The third-order valence-corrected chi connectivity index (χ3v) is 6.29. The lowest BCUT2D eigenvalue weighted by molar-refractivity contribution is 0.0730. The van der Waals surface area contributed by atoms with Crippen molar-refractivity contribution in [2.24, 2.45) is 0 Å². The van der Waals surface area contributed by atoms with Gasteiger partial charge in [-0.05, 0) is 55.3 Å². The molecule has 3 aromatic carbocycles. The fraction of sp³-hybridized carbons (Fsp3) is 0.185. The molecule has 1 aliphatic heterocycles. The summed E-state index contributed by atoms with van der Waals surface area (Å²) in [6, 6.07) is 20.3. The van der Waals surface area contributed by atoms with Crippen LogP contribution in [0.2, 0.25) is 5.02 Å². The molecule has 0 aliphatic carbocycles. The van der Waals surface area contributed by atoms with Crippen LogP contribution in [0.15, 0.2) is 66.7 Å². The third kappa shape index (κ3) is 3.90. The molecule has 1 aromatic heterocycles. The fourth-order valence-electron chi connectivity index (χ4n) is 4.41. The summed E-state index contributed by atoms with van der Waals surface area (Å²) in [6.45, 7) is 4.98. The number of carbonyl (C=O) groups is 1. The number of rotatable bonds is 6. The molecule has 0 radical (unpaired) electrons. The van der Waals surface area contributed by atoms with Gasteiger partial charge in [0, 0.05) is 22.7 Å². The molecule has 1 amide bonds. The number of hydrogen-bond acceptors (Lipinski definition) is 4. The SMILES string of the molecule is CCOc1ccc(C2c3c(-c4cc(Cl)ccc4O)n[nH]c3C(=O)N2Cc2ccc(C)cc2)cc1. The number of ether oxygens (including phenoxy) is 1. The number of aromatic amines is 1. The van der Waals surface area contributed by atoms with Crippen LogP contribution in [0.3, 0.4) is 0 Å². The molecule has 1 unspecified atom stereocenters. The first-order chi connectivity index (χ1) is 16.5. The molecule has 172 valence electrons. The van der Waals surface area contributed by atoms with E-state index in [1.165, 1.54) is 6.07 Å². The minimum atomic E-state index is -0.397. The monoisotopic (exact) mass is 473 g/mol. The molecule has 7 heteroatoms. The highest BCUT2D eigenvalue weighted by molar-refractivity contribution is 6.31. The number of aryl methyl sites for hydroxylation is 1. The highest BCUT2D eigenvalue weighted by Crippen LogP contribution is 2.45. The highest BCUT2D eigenvalue weighted by atomic mass is 35.5. The van der Waals surface area contributed by atoms with Crippen molar-refractivity contribution >= 4 is 17.5 Å². The number of halogens is 1. The molecule has 0 saturated carbocycles. The van der Waals surface area contributed by atoms with E-state index in [0.29, 0.717) is 35.1 Å². The van der Waals surface area contributed by atoms with Gasteiger partial charge in [0.1, 0.15) is 22.9 Å². The maximum atomic E-state index is 13.6. The van der Waals surface area contributed by atoms with E-state index in [1.807, 2.05) is 67.3 Å². The lowest BCUT2D eigenvalue weighted by Crippen LogP contribution is -2.29. The second-order valence-electron chi connectivity index (χ2n) is 8.35. The third-order valence-electron chi connectivity index (χ3n) is 6.06. The van der Waals surface area contributed by atoms with E-state index in [2.05, 4.69) is 10.2 Å². The summed E-state index contributed by atoms with van der Waals surface area (Å²) in [5, 5.41) is 18.4. The number of carbonyl (C=O) groups excluding carboxylic acids is 1. The summed E-state index contributed by atoms with van der Waals surface area (Å²) in [5.41, 5.74) is 5.23. The van der Waals surface area contributed by atoms with Crippen LogP contribution >= 0.6 is 11.6 Å². The molecule has 0 saturated heterocycles. The number of aromatic hydroxyl groups is 1. The Morgan fingerprint density at radius 1 is 1.09 bits per heavy atom. The molecular formula is C27H24ClN3O3. The second-order valence-corrected chi connectivity index (χ2v) is 8.78. The van der Waals surface area contributed by atoms with E-state index in [9.17, 15) is 9.90 Å². The standard InChI is InChI=1S/C27H24ClN3O3/c1-3-34-20-11-8-18(9-12-20)26-23-24(21-14-19(28)10-13-22(21)32)29-30-25(23)27(33)31(26)15-17-6-4-16(2)5-7-17/h4-14,26,32H,3,15H2,1-2H3,(H,29,30). The molecule has 34 heavy (non-hydrogen) atoms. The first-order valence-electron chi connectivity index (χ1n) is 11.1. The number of nitrogens with zero attached hydrogens (tertiary/aromatic N) is 2. The molecule has 2 N–H and O–H groups in total. The van der Waals surface area contributed by atoms with Gasteiger partial charge in [0.2, 0.25) is 0 Å². The van der Waals surface area contributed by atoms with Crippen LogP contribution in [0.1, 0.15) is 45.7 Å². The lowest BCUT2D eigenvalue weighted by Gasteiger charge is -2.27. The summed E-state index contributed by atoms with van der Waals surface area (Å²) in [6.07, 6.45) is 0. The molecular weight excluding hydrogens is 450 g/mol. The molecule has 2 heterocycles. The molecule has 0 bridgehead atoms. The number of fused-ring (bicyclic) bond motifs is 1. The summed E-state index contributed by atoms with van der Waals surface area (Å²) >= 11 is 6.22. The van der Waals surface area contributed by atoms with Gasteiger partial charge in [-0.3, -0.25) is 9.89 Å². The van der Waals surface area contributed by atoms with Crippen molar-refractivity contribution in [2.75, 3.05) is 6.61 Å². The Bertz CT molecular complexity index is 1350. The quantitative estimate of drug-likeness (QED) is 0.366. The van der Waals surface area contributed by atoms with Crippen molar-refractivity contribution in [3.63, 3.8) is 0 Å². The molecule has 1 atom stereocenters. The molecule has 0 fully saturated rings. The van der Waals surface area contributed by atoms with Crippen LogP contribution in [0.25, 0.3) is 11.3 Å². The summed E-state index contributed by atoms with van der Waals surface area (Å²) < 4.78 is 5.61. The largest absolute Gasteiger partial charge is 0.507 e. The van der Waals surface area contributed by atoms with Crippen molar-refractivity contribution in [1.82, 2.24) is 15.1 Å². The maximum Gasteiger partial charge on any atom is 0.273 e. The molecule has 5 rings (SSSR count). The Morgan fingerprint density at radius 3 is 2.53 bits per heavy atom. The fourth-order valence-corrected chi connectivity index (χ4v) is 4.58. The predicted molar refractivity (Wildman–Crippen MR) is 131 cm³/mol. The average molecular weight is 474 g/mol. The zero-order chi connectivity index (χ0) is 23.8. The van der Waals surface area contributed by atoms with Crippen molar-refractivity contribution in [2.45, 2.75) is 26.4 Å². The molecule has 1 aliphatic rings. The normalized spacial score (nSPS) is 15.0. The van der Waals surface area contributed by atoms with Gasteiger partial charge in [-0.2, -0.15) is 5.10 Å². The van der Waals surface area contributed by atoms with Crippen molar-refractivity contribution in [1.29, 1.82) is 0 Å². The zero-order valence-electron chi connectivity index (χ0n) is 18.9. The number of benzene rings is 3. The van der Waals surface area contributed by atoms with Gasteiger partial charge in [-0.25, -0.2) is 0 Å². The summed E-state index contributed by atoms with van der Waals surface area (Å²) in [5.74, 6) is 0.670. The van der Waals surface area contributed by atoms with Crippen LogP contribution in [-0.4, -0.2) is 32.7 Å². The number of H-pyrrole nitrogens is 1. The molecule has 6 nitrogen and oxygen atoms in total. The summed E-state index contributed by atoms with van der Waals surface area (Å²) in [4.78, 5) is 15.4. The number of amides is 1. The number of hydrogen-bond donors (Lipinski definition) is 2. The van der Waals surface area contributed by atoms with E-state index in [1.54, 1.807) is 12.1 Å². The Labute approximate surface area is 202 Å².